The number of nitrogens with one attached hydrogen (secondary N) is 1. The molecule has 0 unspecified atom stereocenters. The highest BCUT2D eigenvalue weighted by Crippen LogP contribution is 2.04. The van der Waals surface area contributed by atoms with Crippen LogP contribution < -0.4 is 5.32 Å². The third-order valence-corrected chi connectivity index (χ3v) is 5.09. The van der Waals surface area contributed by atoms with Crippen LogP contribution in [-0.4, -0.2) is 68.1 Å². The lowest BCUT2D eigenvalue weighted by molar-refractivity contribution is 0.418. The Morgan fingerprint density at radius 1 is 1.42 bits per heavy atom. The lowest BCUT2D eigenvalue weighted by Gasteiger charge is -2.23. The maximum atomic E-state index is 11.5. The summed E-state index contributed by atoms with van der Waals surface area (Å²) in [7, 11) is 2.64. The van der Waals surface area contributed by atoms with Crippen molar-refractivity contribution in [3.05, 3.63) is 24.0 Å². The van der Waals surface area contributed by atoms with Gasteiger partial charge in [0, 0.05) is 52.7 Å². The number of guanidine groups is 1. The Morgan fingerprint density at radius 3 is 2.54 bits per heavy atom. The fraction of sp³-hybridized carbons (Fsp3) is 0.667. The average Bonchev–Trinajstić information content (AvgIpc) is 2.86. The largest absolute Gasteiger partial charge is 0.356 e. The summed E-state index contributed by atoms with van der Waals surface area (Å²) >= 11 is 0. The summed E-state index contributed by atoms with van der Waals surface area (Å²) in [6.07, 6.45) is 4.00. The van der Waals surface area contributed by atoms with Gasteiger partial charge >= 0.3 is 0 Å². The van der Waals surface area contributed by atoms with Gasteiger partial charge in [-0.1, -0.05) is 6.92 Å². The summed E-state index contributed by atoms with van der Waals surface area (Å²) < 4.78 is 26.6. The molecule has 1 aromatic rings. The first-order valence-corrected chi connectivity index (χ1v) is 9.61. The van der Waals surface area contributed by atoms with Crippen molar-refractivity contribution < 1.29 is 8.42 Å². The smallest absolute Gasteiger partial charge is 0.211 e. The van der Waals surface area contributed by atoms with Gasteiger partial charge in [0.2, 0.25) is 10.0 Å². The van der Waals surface area contributed by atoms with Gasteiger partial charge in [0.15, 0.2) is 5.96 Å². The quantitative estimate of drug-likeness (QED) is 0.269. The van der Waals surface area contributed by atoms with E-state index in [2.05, 4.69) is 20.9 Å². The van der Waals surface area contributed by atoms with Gasteiger partial charge in [0.05, 0.1) is 12.8 Å². The molecule has 7 nitrogen and oxygen atoms in total. The van der Waals surface area contributed by atoms with Crippen LogP contribution in [0.25, 0.3) is 0 Å². The molecule has 0 aromatic carbocycles. The first-order valence-electron chi connectivity index (χ1n) is 7.76. The van der Waals surface area contributed by atoms with E-state index in [0.29, 0.717) is 19.6 Å². The second kappa shape index (κ2) is 10.9. The Balaban J connectivity index is 0.00000529. The molecule has 0 aliphatic carbocycles. The normalized spacial score (nSPS) is 12.2. The summed E-state index contributed by atoms with van der Waals surface area (Å²) in [5, 5.41) is 3.28. The second-order valence-corrected chi connectivity index (χ2v) is 7.53. The minimum absolute atomic E-state index is 0. The van der Waals surface area contributed by atoms with Crippen LogP contribution in [0.2, 0.25) is 0 Å². The Morgan fingerprint density at radius 2 is 2.08 bits per heavy atom. The molecule has 0 fully saturated rings. The molecule has 0 spiro atoms. The number of sulfonamides is 1. The lowest BCUT2D eigenvalue weighted by atomic mass is 10.4. The SMILES string of the molecule is CCN(CCCNC(=NC)N(C)Cc1cccn1C)S(C)(=O)=O.I. The van der Waals surface area contributed by atoms with Crippen LogP contribution >= 0.6 is 24.0 Å². The topological polar surface area (TPSA) is 69.9 Å². The first-order chi connectivity index (χ1) is 10.8. The predicted octanol–water partition coefficient (Wildman–Crippen LogP) is 1.32. The van der Waals surface area contributed by atoms with Gasteiger partial charge in [0.1, 0.15) is 0 Å². The molecule has 1 heterocycles. The number of aryl methyl sites for hydroxylation is 1. The number of rotatable bonds is 8. The molecule has 0 radical (unpaired) electrons. The third-order valence-electron chi connectivity index (χ3n) is 3.71. The average molecular weight is 471 g/mol. The summed E-state index contributed by atoms with van der Waals surface area (Å²) in [5.41, 5.74) is 1.20. The van der Waals surface area contributed by atoms with E-state index in [0.717, 1.165) is 18.9 Å². The molecule has 0 saturated heterocycles. The first kappa shape index (κ1) is 23.2. The Bertz CT molecular complexity index is 615. The molecular formula is C15H30IN5O2S. The van der Waals surface area contributed by atoms with Crippen LogP contribution in [0, 0.1) is 0 Å². The highest BCUT2D eigenvalue weighted by atomic mass is 127. The molecule has 1 rings (SSSR count). The van der Waals surface area contributed by atoms with Crippen molar-refractivity contribution in [2.24, 2.45) is 12.0 Å². The Labute approximate surface area is 163 Å². The number of aromatic nitrogens is 1. The van der Waals surface area contributed by atoms with E-state index in [9.17, 15) is 8.42 Å². The van der Waals surface area contributed by atoms with Crippen molar-refractivity contribution in [3.63, 3.8) is 0 Å². The fourth-order valence-electron chi connectivity index (χ4n) is 2.38. The summed E-state index contributed by atoms with van der Waals surface area (Å²) in [5.74, 6) is 0.800. The molecule has 0 aliphatic rings. The van der Waals surface area contributed by atoms with Gasteiger partial charge in [-0.25, -0.2) is 12.7 Å². The number of hydrogen-bond acceptors (Lipinski definition) is 3. The van der Waals surface area contributed by atoms with Crippen LogP contribution in [0.1, 0.15) is 19.0 Å². The van der Waals surface area contributed by atoms with Gasteiger partial charge in [-0.05, 0) is 18.6 Å². The number of halogens is 1. The van der Waals surface area contributed by atoms with Crippen LogP contribution in [0.5, 0.6) is 0 Å². The van der Waals surface area contributed by atoms with E-state index >= 15 is 0 Å². The zero-order chi connectivity index (χ0) is 17.5. The lowest BCUT2D eigenvalue weighted by Crippen LogP contribution is -2.40. The van der Waals surface area contributed by atoms with Crippen molar-refractivity contribution in [1.82, 2.24) is 19.1 Å². The Hall–Kier alpha value is -0.810. The van der Waals surface area contributed by atoms with E-state index < -0.39 is 10.0 Å². The molecule has 140 valence electrons. The third kappa shape index (κ3) is 7.39. The van der Waals surface area contributed by atoms with Crippen molar-refractivity contribution in [2.45, 2.75) is 19.9 Å². The molecule has 1 aromatic heterocycles. The van der Waals surface area contributed by atoms with E-state index in [-0.39, 0.29) is 24.0 Å². The number of aliphatic imine (C=N–C) groups is 1. The van der Waals surface area contributed by atoms with Crippen molar-refractivity contribution in [2.75, 3.05) is 40.0 Å². The summed E-state index contributed by atoms with van der Waals surface area (Å²) in [6.45, 7) is 4.30. The molecular weight excluding hydrogens is 441 g/mol. The zero-order valence-electron chi connectivity index (χ0n) is 15.2. The fourth-order valence-corrected chi connectivity index (χ4v) is 3.31. The van der Waals surface area contributed by atoms with Crippen LogP contribution in [-0.2, 0) is 23.6 Å². The summed E-state index contributed by atoms with van der Waals surface area (Å²) in [6, 6.07) is 4.10. The van der Waals surface area contributed by atoms with E-state index in [4.69, 9.17) is 0 Å². The van der Waals surface area contributed by atoms with E-state index in [1.165, 1.54) is 16.3 Å². The molecule has 1 N–H and O–H groups in total. The van der Waals surface area contributed by atoms with E-state index in [1.807, 2.05) is 38.2 Å². The predicted molar refractivity (Wildman–Crippen MR) is 110 cm³/mol. The van der Waals surface area contributed by atoms with Crippen molar-refractivity contribution >= 4 is 40.0 Å². The number of nitrogens with zero attached hydrogens (tertiary/aromatic N) is 4. The molecule has 9 heteroatoms. The van der Waals surface area contributed by atoms with Crippen molar-refractivity contribution in [1.29, 1.82) is 0 Å². The Kier molecular flexibility index (Phi) is 10.6. The number of hydrogen-bond donors (Lipinski definition) is 1. The molecule has 0 atom stereocenters. The van der Waals surface area contributed by atoms with Crippen molar-refractivity contribution in [3.8, 4) is 0 Å². The monoisotopic (exact) mass is 471 g/mol. The van der Waals surface area contributed by atoms with E-state index in [1.54, 1.807) is 7.05 Å². The van der Waals surface area contributed by atoms with Gasteiger partial charge in [-0.3, -0.25) is 4.99 Å². The highest BCUT2D eigenvalue weighted by Gasteiger charge is 2.13. The van der Waals surface area contributed by atoms with Gasteiger partial charge in [-0.15, -0.1) is 24.0 Å². The van der Waals surface area contributed by atoms with Gasteiger partial charge in [0.25, 0.3) is 0 Å². The van der Waals surface area contributed by atoms with Crippen LogP contribution in [0.15, 0.2) is 23.3 Å². The zero-order valence-corrected chi connectivity index (χ0v) is 18.3. The second-order valence-electron chi connectivity index (χ2n) is 5.55. The maximum absolute atomic E-state index is 11.5. The van der Waals surface area contributed by atoms with Crippen LogP contribution in [0.3, 0.4) is 0 Å². The molecule has 0 bridgehead atoms. The minimum Gasteiger partial charge on any atom is -0.356 e. The minimum atomic E-state index is -3.11. The molecule has 24 heavy (non-hydrogen) atoms. The van der Waals surface area contributed by atoms with Gasteiger partial charge in [-0.2, -0.15) is 0 Å². The molecule has 0 amide bonds. The summed E-state index contributed by atoms with van der Waals surface area (Å²) in [4.78, 5) is 6.32. The molecule has 0 saturated carbocycles. The highest BCUT2D eigenvalue weighted by molar-refractivity contribution is 14.0. The maximum Gasteiger partial charge on any atom is 0.211 e. The molecule has 0 aliphatic heterocycles. The van der Waals surface area contributed by atoms with Crippen LogP contribution in [0.4, 0.5) is 0 Å². The van der Waals surface area contributed by atoms with Gasteiger partial charge < -0.3 is 14.8 Å². The standard InChI is InChI=1S/C15H29N5O2S.HI/c1-6-20(23(5,21)22)12-8-10-17-15(16-2)19(4)13-14-9-7-11-18(14)3;/h7,9,11H,6,8,10,12-13H2,1-5H3,(H,16,17);1H.